The topological polar surface area (TPSA) is 36.9 Å². The number of benzene rings is 6. The summed E-state index contributed by atoms with van der Waals surface area (Å²) in [5.74, 6) is 9.42. The molecule has 4 saturated carbocycles. The van der Waals surface area contributed by atoms with E-state index < -0.39 is 33.3 Å². The molecule has 6 aromatic rings. The molecule has 0 amide bonds. The highest BCUT2D eigenvalue weighted by Gasteiger charge is 2.44. The quantitative estimate of drug-likeness (QED) is 0.0564. The molecule has 0 aromatic heterocycles. The van der Waals surface area contributed by atoms with Crippen molar-refractivity contribution in [3.63, 3.8) is 0 Å². The highest BCUT2D eigenvalue weighted by atomic mass is 28.4. The Morgan fingerprint density at radius 2 is 0.595 bits per heavy atom. The molecule has 0 spiro atoms. The van der Waals surface area contributed by atoms with Gasteiger partial charge in [0.25, 0.3) is 16.6 Å². The number of fused-ring (bicyclic) bond motifs is 8. The maximum atomic E-state index is 6.89. The Bertz CT molecular complexity index is 3020. The van der Waals surface area contributed by atoms with E-state index in [1.54, 1.807) is 0 Å². The van der Waals surface area contributed by atoms with Gasteiger partial charge in [0.05, 0.1) is 0 Å². The summed E-state index contributed by atoms with van der Waals surface area (Å²) >= 11 is 0. The first-order chi connectivity index (χ1) is 40.9. The molecule has 0 aliphatic heterocycles. The van der Waals surface area contributed by atoms with Crippen LogP contribution < -0.4 is 31.1 Å². The molecule has 8 aliphatic rings. The molecule has 84 heavy (non-hydrogen) atoms. The van der Waals surface area contributed by atoms with E-state index in [1.165, 1.54) is 82.5 Å². The van der Waals surface area contributed by atoms with Crippen LogP contribution in [0.5, 0.6) is 0 Å². The van der Waals surface area contributed by atoms with E-state index in [0.29, 0.717) is 11.8 Å². The zero-order chi connectivity index (χ0) is 58.0. The van der Waals surface area contributed by atoms with E-state index >= 15 is 0 Å². The van der Waals surface area contributed by atoms with Gasteiger partial charge in [-0.15, -0.1) is 0 Å². The molecular weight excluding hydrogens is 1090 g/mol. The van der Waals surface area contributed by atoms with E-state index in [9.17, 15) is 0 Å². The second-order valence-corrected chi connectivity index (χ2v) is 42.1. The normalized spacial score (nSPS) is 27.9. The van der Waals surface area contributed by atoms with Crippen molar-refractivity contribution in [3.8, 4) is 0 Å². The minimum Gasteiger partial charge on any atom is -0.413 e. The molecule has 440 valence electrons. The Morgan fingerprint density at radius 1 is 0.298 bits per heavy atom. The van der Waals surface area contributed by atoms with Crippen molar-refractivity contribution in [1.82, 2.24) is 0 Å². The van der Waals surface area contributed by atoms with E-state index in [2.05, 4.69) is 271 Å². The Balaban J connectivity index is 0.000000118. The van der Waals surface area contributed by atoms with Crippen molar-refractivity contribution in [2.24, 2.45) is 71.0 Å². The zero-order valence-electron chi connectivity index (χ0n) is 51.4. The number of hydrogen-bond donors (Lipinski definition) is 0. The van der Waals surface area contributed by atoms with E-state index in [4.69, 9.17) is 17.7 Å². The van der Waals surface area contributed by atoms with Gasteiger partial charge in [-0.25, -0.2) is 0 Å². The van der Waals surface area contributed by atoms with Gasteiger partial charge < -0.3 is 17.7 Å². The van der Waals surface area contributed by atoms with Crippen LogP contribution in [0.1, 0.15) is 65.2 Å². The molecule has 8 heteroatoms. The lowest BCUT2D eigenvalue weighted by atomic mass is 9.95. The van der Waals surface area contributed by atoms with Gasteiger partial charge >= 0.3 is 0 Å². The third kappa shape index (κ3) is 14.2. The summed E-state index contributed by atoms with van der Waals surface area (Å²) in [7, 11) is -7.68. The summed E-state index contributed by atoms with van der Waals surface area (Å²) in [5, 5.41) is 8.38. The first-order valence-corrected chi connectivity index (χ1v) is 42.6. The van der Waals surface area contributed by atoms with E-state index in [1.807, 2.05) is 0 Å². The SMILES string of the molecule is CC[Si](C)(OCC1CC2C=CC1C2)c1ccccc1.CC[Si](OCC1CC2C=CC1C2)(c1ccccc1)c1ccccc1.C[Si](C)(OCC1CC2C=CC1C2)c1ccccc1.C[Si](OCC1CC2C=CC1C2)(c1ccccc1)c1ccccc1. The molecule has 0 heterocycles. The van der Waals surface area contributed by atoms with Gasteiger partial charge in [0.15, 0.2) is 0 Å². The van der Waals surface area contributed by atoms with Crippen LogP contribution in [0.3, 0.4) is 0 Å². The molecule has 8 aliphatic carbocycles. The van der Waals surface area contributed by atoms with Crippen LogP contribution >= 0.6 is 0 Å². The molecular formula is C76H96O4Si4. The van der Waals surface area contributed by atoms with E-state index in [-0.39, 0.29) is 0 Å². The molecule has 13 atom stereocenters. The number of allylic oxidation sites excluding steroid dienone is 8. The Hall–Kier alpha value is -5.01. The molecule has 8 bridgehead atoms. The first kappa shape index (κ1) is 60.7. The van der Waals surface area contributed by atoms with Gasteiger partial charge in [0, 0.05) is 26.4 Å². The van der Waals surface area contributed by atoms with Crippen LogP contribution in [0, 0.1) is 71.0 Å². The average Bonchev–Trinajstić information content (AvgIpc) is 4.53. The maximum Gasteiger partial charge on any atom is 0.255 e. The number of rotatable bonds is 20. The van der Waals surface area contributed by atoms with Crippen molar-refractivity contribution < 1.29 is 17.7 Å². The van der Waals surface area contributed by atoms with Crippen molar-refractivity contribution in [3.05, 3.63) is 231 Å². The summed E-state index contributed by atoms with van der Waals surface area (Å²) in [6, 6.07) is 67.4. The Labute approximate surface area is 510 Å². The lowest BCUT2D eigenvalue weighted by Crippen LogP contribution is -2.60. The minimum absolute atomic E-state index is 0.712. The van der Waals surface area contributed by atoms with Gasteiger partial charge in [0.2, 0.25) is 16.6 Å². The summed E-state index contributed by atoms with van der Waals surface area (Å²) < 4.78 is 26.5. The smallest absolute Gasteiger partial charge is 0.255 e. The lowest BCUT2D eigenvalue weighted by Gasteiger charge is -2.33. The zero-order valence-corrected chi connectivity index (χ0v) is 55.4. The monoisotopic (exact) mass is 1180 g/mol. The Kier molecular flexibility index (Phi) is 20.1. The van der Waals surface area contributed by atoms with Gasteiger partial charge in [-0.2, -0.15) is 0 Å². The van der Waals surface area contributed by atoms with Crippen molar-refractivity contribution in [2.75, 3.05) is 26.4 Å². The van der Waals surface area contributed by atoms with Crippen LogP contribution in [0.15, 0.2) is 231 Å². The van der Waals surface area contributed by atoms with Crippen LogP contribution in [0.25, 0.3) is 0 Å². The summed E-state index contributed by atoms with van der Waals surface area (Å²) in [6.07, 6.45) is 30.1. The van der Waals surface area contributed by atoms with Crippen molar-refractivity contribution in [2.45, 2.75) is 103 Å². The molecule has 13 unspecified atom stereocenters. The first-order valence-electron chi connectivity index (χ1n) is 32.6. The molecule has 14 rings (SSSR count). The molecule has 6 aromatic carbocycles. The average molecular weight is 1190 g/mol. The van der Waals surface area contributed by atoms with Gasteiger partial charge in [-0.3, -0.25) is 0 Å². The molecule has 4 fully saturated rings. The van der Waals surface area contributed by atoms with Gasteiger partial charge in [-0.1, -0.05) is 244 Å². The fourth-order valence-corrected chi connectivity index (χ4v) is 26.3. The van der Waals surface area contributed by atoms with Crippen molar-refractivity contribution >= 4 is 64.4 Å². The van der Waals surface area contributed by atoms with Crippen LogP contribution in [0.4, 0.5) is 0 Å². The highest BCUT2D eigenvalue weighted by molar-refractivity contribution is 6.97. The summed E-state index contributed by atoms with van der Waals surface area (Å²) in [4.78, 5) is 0. The molecule has 4 nitrogen and oxygen atoms in total. The van der Waals surface area contributed by atoms with Gasteiger partial charge in [0.1, 0.15) is 0 Å². The maximum absolute atomic E-state index is 6.89. The molecule has 0 saturated heterocycles. The standard InChI is InChI=1S/C22H26OSi.C21H24OSi.C17H24OSi.C16H22OSi/c1-2-24(21-9-5-3-6-10-21,22-11-7-4-8-12-22)23-17-20-16-18-13-14-19(20)15-18;1-23(20-8-4-2-5-9-20,21-10-6-3-7-11-21)22-16-19-15-17-12-13-18(19)14-17;1-3-19(2,17-7-5-4-6-8-17)18-13-16-12-14-9-10-15(16)11-14;1-18(2,16-6-4-3-5-7-16)17-12-15-11-13-8-9-14(15)10-13/h3-14,18-20H,2,15-17H2,1H3;2-13,17-19H,14-16H2,1H3;4-10,14-16H,3,11-13H2,1-2H3;3-9,13-15H,10-12H2,1-2H3. The molecule has 0 radical (unpaired) electrons. The third-order valence-electron chi connectivity index (χ3n) is 21.2. The summed E-state index contributed by atoms with van der Waals surface area (Å²) in [5.41, 5.74) is 0. The van der Waals surface area contributed by atoms with E-state index in [0.717, 1.165) is 97.7 Å². The van der Waals surface area contributed by atoms with Gasteiger partial charge in [-0.05, 0) is 192 Å². The second-order valence-electron chi connectivity index (χ2n) is 26.9. The third-order valence-corrected chi connectivity index (χ3v) is 35.3. The fourth-order valence-electron chi connectivity index (χ4n) is 15.7. The lowest BCUT2D eigenvalue weighted by molar-refractivity contribution is 0.222. The largest absolute Gasteiger partial charge is 0.413 e. The predicted molar refractivity (Wildman–Crippen MR) is 363 cm³/mol. The predicted octanol–water partition coefficient (Wildman–Crippen LogP) is 14.6. The van der Waals surface area contributed by atoms with Crippen LogP contribution in [-0.4, -0.2) is 59.7 Å². The number of hydrogen-bond acceptors (Lipinski definition) is 4. The highest BCUT2D eigenvalue weighted by Crippen LogP contribution is 2.46. The molecule has 0 N–H and O–H groups in total. The Morgan fingerprint density at radius 3 is 0.905 bits per heavy atom. The fraction of sp³-hybridized carbons (Fsp3) is 0.421. The summed E-state index contributed by atoms with van der Waals surface area (Å²) in [6.45, 7) is 17.7. The van der Waals surface area contributed by atoms with Crippen LogP contribution in [-0.2, 0) is 17.7 Å². The van der Waals surface area contributed by atoms with Crippen LogP contribution in [0.2, 0.25) is 38.3 Å². The minimum atomic E-state index is -2.14. The second kappa shape index (κ2) is 27.8. The van der Waals surface area contributed by atoms with Crippen molar-refractivity contribution in [1.29, 1.82) is 0 Å².